The molecule has 1 aromatic heterocycles. The molecule has 0 radical (unpaired) electrons. The van der Waals surface area contributed by atoms with Gasteiger partial charge in [0.25, 0.3) is 5.56 Å². The summed E-state index contributed by atoms with van der Waals surface area (Å²) in [5, 5.41) is 0.988. The number of fused-ring (bicyclic) bond motifs is 1. The number of halogens is 1. The van der Waals surface area contributed by atoms with Gasteiger partial charge in [-0.2, -0.15) is 0 Å². The molecule has 0 unspecified atom stereocenters. The summed E-state index contributed by atoms with van der Waals surface area (Å²) >= 11 is 6.08. The third-order valence-electron chi connectivity index (χ3n) is 5.83. The van der Waals surface area contributed by atoms with Crippen molar-refractivity contribution >= 4 is 35.1 Å². The Kier molecular flexibility index (Phi) is 4.41. The van der Waals surface area contributed by atoms with Crippen LogP contribution in [0.15, 0.2) is 47.5 Å². The Bertz CT molecular complexity index is 1120. The molecule has 1 aliphatic rings. The summed E-state index contributed by atoms with van der Waals surface area (Å²) < 4.78 is 13.9. The zero-order valence-corrected chi connectivity index (χ0v) is 17.4. The third-order valence-corrected chi connectivity index (χ3v) is 6.07. The molecule has 3 aromatic rings. The van der Waals surface area contributed by atoms with Crippen LogP contribution < -0.4 is 11.0 Å². The highest BCUT2D eigenvalue weighted by molar-refractivity contribution is 6.62. The molecular weight excluding hydrogens is 375 g/mol. The van der Waals surface area contributed by atoms with E-state index in [1.165, 1.54) is 0 Å². The van der Waals surface area contributed by atoms with Gasteiger partial charge in [0, 0.05) is 5.02 Å². The van der Waals surface area contributed by atoms with Crippen molar-refractivity contribution in [1.29, 1.82) is 0 Å². The van der Waals surface area contributed by atoms with Crippen LogP contribution in [0.1, 0.15) is 33.3 Å². The van der Waals surface area contributed by atoms with Gasteiger partial charge in [-0.3, -0.25) is 9.36 Å². The van der Waals surface area contributed by atoms with Crippen molar-refractivity contribution in [2.24, 2.45) is 0 Å². The van der Waals surface area contributed by atoms with Crippen LogP contribution >= 0.6 is 11.6 Å². The zero-order chi connectivity index (χ0) is 20.3. The fraction of sp³-hybridized carbons (Fsp3) is 0.333. The number of benzene rings is 2. The van der Waals surface area contributed by atoms with Crippen molar-refractivity contribution in [3.8, 4) is 5.69 Å². The largest absolute Gasteiger partial charge is 0.495 e. The first kappa shape index (κ1) is 19.2. The Morgan fingerprint density at radius 3 is 2.43 bits per heavy atom. The monoisotopic (exact) mass is 396 g/mol. The van der Waals surface area contributed by atoms with Gasteiger partial charge in [-0.25, -0.2) is 4.98 Å². The van der Waals surface area contributed by atoms with E-state index < -0.39 is 18.3 Å². The average Bonchev–Trinajstić information content (AvgIpc) is 2.84. The van der Waals surface area contributed by atoms with E-state index in [9.17, 15) is 4.79 Å². The fourth-order valence-corrected chi connectivity index (χ4v) is 3.57. The Balaban J connectivity index is 1.84. The molecular formula is C21H22BClN2O3. The Labute approximate surface area is 169 Å². The van der Waals surface area contributed by atoms with E-state index in [0.717, 1.165) is 16.7 Å². The van der Waals surface area contributed by atoms with E-state index in [0.29, 0.717) is 15.9 Å². The van der Waals surface area contributed by atoms with Crippen molar-refractivity contribution in [3.63, 3.8) is 0 Å². The minimum absolute atomic E-state index is 0.165. The molecule has 1 aliphatic heterocycles. The molecule has 2 aromatic carbocycles. The van der Waals surface area contributed by atoms with Crippen LogP contribution in [-0.4, -0.2) is 27.9 Å². The van der Waals surface area contributed by atoms with Crippen LogP contribution in [0.5, 0.6) is 0 Å². The number of hydrogen-bond acceptors (Lipinski definition) is 4. The van der Waals surface area contributed by atoms with E-state index in [-0.39, 0.29) is 5.56 Å². The molecule has 0 spiro atoms. The molecule has 2 heterocycles. The Morgan fingerprint density at radius 2 is 1.75 bits per heavy atom. The lowest BCUT2D eigenvalue weighted by molar-refractivity contribution is 0.00578. The number of rotatable bonds is 2. The summed E-state index contributed by atoms with van der Waals surface area (Å²) in [6, 6.07) is 10.9. The maximum Gasteiger partial charge on any atom is 0.495 e. The lowest BCUT2D eigenvalue weighted by atomic mass is 9.76. The van der Waals surface area contributed by atoms with Crippen LogP contribution in [0.2, 0.25) is 5.02 Å². The second kappa shape index (κ2) is 6.44. The van der Waals surface area contributed by atoms with E-state index in [1.807, 2.05) is 52.8 Å². The molecule has 144 valence electrons. The number of hydrogen-bond donors (Lipinski definition) is 0. The Morgan fingerprint density at radius 1 is 1.07 bits per heavy atom. The maximum atomic E-state index is 13.1. The molecule has 0 N–H and O–H groups in total. The minimum atomic E-state index is -0.497. The second-order valence-electron chi connectivity index (χ2n) is 8.16. The standard InChI is InChI=1S/C21H22BClN2O3/c1-13-16(22-27-20(2,3)21(4,5)28-22)7-6-8-18(13)25-12-24-17-10-9-14(23)11-15(17)19(25)26/h6-12H,1-5H3. The molecule has 5 nitrogen and oxygen atoms in total. The first-order chi connectivity index (χ1) is 13.1. The molecule has 0 atom stereocenters. The van der Waals surface area contributed by atoms with Crippen molar-refractivity contribution < 1.29 is 9.31 Å². The zero-order valence-electron chi connectivity index (χ0n) is 16.6. The first-order valence-electron chi connectivity index (χ1n) is 9.23. The molecule has 0 bridgehead atoms. The van der Waals surface area contributed by atoms with Gasteiger partial charge in [-0.1, -0.05) is 23.7 Å². The van der Waals surface area contributed by atoms with Gasteiger partial charge in [-0.05, 0) is 69.9 Å². The highest BCUT2D eigenvalue weighted by atomic mass is 35.5. The van der Waals surface area contributed by atoms with Crippen LogP contribution in [0.4, 0.5) is 0 Å². The van der Waals surface area contributed by atoms with Gasteiger partial charge in [0.2, 0.25) is 0 Å². The molecule has 28 heavy (non-hydrogen) atoms. The maximum absolute atomic E-state index is 13.1. The Hall–Kier alpha value is -2.15. The average molecular weight is 397 g/mol. The predicted octanol–water partition coefficient (Wildman–Crippen LogP) is 3.65. The quantitative estimate of drug-likeness (QED) is 0.621. The molecule has 7 heteroatoms. The van der Waals surface area contributed by atoms with Gasteiger partial charge in [0.05, 0.1) is 27.8 Å². The van der Waals surface area contributed by atoms with Gasteiger partial charge in [0.15, 0.2) is 0 Å². The minimum Gasteiger partial charge on any atom is -0.399 e. The highest BCUT2D eigenvalue weighted by Crippen LogP contribution is 2.36. The molecule has 0 amide bonds. The first-order valence-corrected chi connectivity index (χ1v) is 9.61. The topological polar surface area (TPSA) is 53.4 Å². The van der Waals surface area contributed by atoms with E-state index in [1.54, 1.807) is 29.1 Å². The lowest BCUT2D eigenvalue weighted by Gasteiger charge is -2.32. The molecule has 4 rings (SSSR count). The van der Waals surface area contributed by atoms with Gasteiger partial charge >= 0.3 is 7.12 Å². The molecule has 1 fully saturated rings. The van der Waals surface area contributed by atoms with Crippen LogP contribution in [0, 0.1) is 6.92 Å². The van der Waals surface area contributed by atoms with Crippen molar-refractivity contribution in [2.45, 2.75) is 45.8 Å². The fourth-order valence-electron chi connectivity index (χ4n) is 3.39. The van der Waals surface area contributed by atoms with E-state index >= 15 is 0 Å². The van der Waals surface area contributed by atoms with Crippen molar-refractivity contribution in [2.75, 3.05) is 0 Å². The van der Waals surface area contributed by atoms with E-state index in [2.05, 4.69) is 4.98 Å². The number of nitrogens with zero attached hydrogens (tertiary/aromatic N) is 2. The number of aromatic nitrogens is 2. The summed E-state index contributed by atoms with van der Waals surface area (Å²) in [7, 11) is -0.497. The van der Waals surface area contributed by atoms with Gasteiger partial charge in [0.1, 0.15) is 6.33 Å². The summed E-state index contributed by atoms with van der Waals surface area (Å²) in [6.45, 7) is 10.0. The molecule has 0 saturated carbocycles. The lowest BCUT2D eigenvalue weighted by Crippen LogP contribution is -2.41. The summed E-state index contributed by atoms with van der Waals surface area (Å²) in [5.41, 5.74) is 2.13. The molecule has 1 saturated heterocycles. The highest BCUT2D eigenvalue weighted by Gasteiger charge is 2.52. The molecule has 0 aliphatic carbocycles. The van der Waals surface area contributed by atoms with E-state index in [4.69, 9.17) is 20.9 Å². The summed E-state index contributed by atoms with van der Waals surface area (Å²) in [5.74, 6) is 0. The smallest absolute Gasteiger partial charge is 0.399 e. The normalized spacial score (nSPS) is 18.0. The summed E-state index contributed by atoms with van der Waals surface area (Å²) in [6.07, 6.45) is 1.55. The summed E-state index contributed by atoms with van der Waals surface area (Å²) in [4.78, 5) is 17.5. The third kappa shape index (κ3) is 2.96. The van der Waals surface area contributed by atoms with Gasteiger partial charge < -0.3 is 9.31 Å². The van der Waals surface area contributed by atoms with Crippen molar-refractivity contribution in [3.05, 3.63) is 63.7 Å². The SMILES string of the molecule is Cc1c(B2OC(C)(C)C(C)(C)O2)cccc1-n1cnc2ccc(Cl)cc2c1=O. The predicted molar refractivity (Wildman–Crippen MR) is 113 cm³/mol. The van der Waals surface area contributed by atoms with Crippen LogP contribution in [0.25, 0.3) is 16.6 Å². The van der Waals surface area contributed by atoms with Crippen LogP contribution in [-0.2, 0) is 9.31 Å². The van der Waals surface area contributed by atoms with Crippen LogP contribution in [0.3, 0.4) is 0 Å². The van der Waals surface area contributed by atoms with Gasteiger partial charge in [-0.15, -0.1) is 0 Å². The second-order valence-corrected chi connectivity index (χ2v) is 8.60. The van der Waals surface area contributed by atoms with Crippen molar-refractivity contribution in [1.82, 2.24) is 9.55 Å².